The molecule has 0 aliphatic heterocycles. The van der Waals surface area contributed by atoms with Gasteiger partial charge in [0.25, 0.3) is 5.56 Å². The highest BCUT2D eigenvalue weighted by molar-refractivity contribution is 9.10. The van der Waals surface area contributed by atoms with Gasteiger partial charge in [0.1, 0.15) is 18.0 Å². The Bertz CT molecular complexity index is 922. The molecule has 0 saturated heterocycles. The molecule has 0 bridgehead atoms. The zero-order valence-electron chi connectivity index (χ0n) is 15.0. The Morgan fingerprint density at radius 2 is 1.85 bits per heavy atom. The van der Waals surface area contributed by atoms with Crippen molar-refractivity contribution in [3.63, 3.8) is 0 Å². The van der Waals surface area contributed by atoms with Gasteiger partial charge in [0, 0.05) is 16.7 Å². The lowest BCUT2D eigenvalue weighted by atomic mass is 10.2. The molecule has 2 N–H and O–H groups in total. The molecule has 2 amide bonds. The van der Waals surface area contributed by atoms with Crippen molar-refractivity contribution in [2.24, 2.45) is 0 Å². The summed E-state index contributed by atoms with van der Waals surface area (Å²) in [6.07, 6.45) is 0.723. The summed E-state index contributed by atoms with van der Waals surface area (Å²) in [6, 6.07) is 6.39. The summed E-state index contributed by atoms with van der Waals surface area (Å²) >= 11 is 3.22. The lowest BCUT2D eigenvalue weighted by molar-refractivity contribution is -0.116. The number of carbonyl (C=O) groups excluding carboxylic acids is 2. The van der Waals surface area contributed by atoms with Crippen LogP contribution < -0.4 is 16.2 Å². The van der Waals surface area contributed by atoms with Crippen LogP contribution in [-0.2, 0) is 16.1 Å². The number of pyridine rings is 1. The Kier molecular flexibility index (Phi) is 6.37. The number of ether oxygens (including phenoxy) is 1. The fourth-order valence-electron chi connectivity index (χ4n) is 2.11. The van der Waals surface area contributed by atoms with E-state index in [0.29, 0.717) is 4.47 Å². The maximum atomic E-state index is 13.6. The van der Waals surface area contributed by atoms with E-state index in [1.54, 1.807) is 26.8 Å². The van der Waals surface area contributed by atoms with Gasteiger partial charge in [0.05, 0.1) is 11.4 Å². The summed E-state index contributed by atoms with van der Waals surface area (Å²) in [5, 5.41) is 4.96. The molecule has 1 aromatic heterocycles. The zero-order chi connectivity index (χ0) is 20.2. The molecule has 2 aromatic rings. The van der Waals surface area contributed by atoms with Crippen LogP contribution in [0.25, 0.3) is 0 Å². The number of aromatic nitrogens is 1. The van der Waals surface area contributed by atoms with Gasteiger partial charge < -0.3 is 14.6 Å². The predicted octanol–water partition coefficient (Wildman–Crippen LogP) is 3.74. The van der Waals surface area contributed by atoms with Gasteiger partial charge in [0.2, 0.25) is 5.91 Å². The van der Waals surface area contributed by atoms with E-state index in [4.69, 9.17) is 4.74 Å². The molecular weight excluding hydrogens is 421 g/mol. The van der Waals surface area contributed by atoms with Gasteiger partial charge in [-0.3, -0.25) is 14.9 Å². The molecule has 0 saturated carbocycles. The number of hydrogen-bond donors (Lipinski definition) is 2. The Morgan fingerprint density at radius 1 is 1.15 bits per heavy atom. The largest absolute Gasteiger partial charge is 0.444 e. The highest BCUT2D eigenvalue weighted by Crippen LogP contribution is 2.24. The minimum atomic E-state index is -0.743. The van der Waals surface area contributed by atoms with E-state index >= 15 is 0 Å². The Balaban J connectivity index is 2.16. The van der Waals surface area contributed by atoms with Crippen LogP contribution in [0.3, 0.4) is 0 Å². The summed E-state index contributed by atoms with van der Waals surface area (Å²) < 4.78 is 20.6. The molecule has 0 radical (unpaired) electrons. The van der Waals surface area contributed by atoms with Crippen LogP contribution in [0.1, 0.15) is 20.8 Å². The summed E-state index contributed by atoms with van der Waals surface area (Å²) in [7, 11) is 0. The number of benzene rings is 1. The van der Waals surface area contributed by atoms with E-state index in [1.807, 2.05) is 0 Å². The Morgan fingerprint density at radius 3 is 2.52 bits per heavy atom. The second-order valence-electron chi connectivity index (χ2n) is 6.68. The highest BCUT2D eigenvalue weighted by atomic mass is 79.9. The minimum absolute atomic E-state index is 0.0499. The molecule has 9 heteroatoms. The van der Waals surface area contributed by atoms with Gasteiger partial charge in [-0.1, -0.05) is 0 Å². The summed E-state index contributed by atoms with van der Waals surface area (Å²) in [5.74, 6) is -1.16. The van der Waals surface area contributed by atoms with E-state index in [1.165, 1.54) is 22.9 Å². The Labute approximate surface area is 163 Å². The first-order valence-corrected chi connectivity index (χ1v) is 8.78. The number of rotatable bonds is 4. The van der Waals surface area contributed by atoms with Gasteiger partial charge >= 0.3 is 6.09 Å². The lowest BCUT2D eigenvalue weighted by Crippen LogP contribution is -2.29. The maximum absolute atomic E-state index is 13.6. The van der Waals surface area contributed by atoms with E-state index in [-0.39, 0.29) is 23.5 Å². The molecule has 0 unspecified atom stereocenters. The SMILES string of the molecule is CC(C)(C)OC(=O)Nc1ccc(F)cc1NC(=O)Cn1cc(Br)ccc1=O. The summed E-state index contributed by atoms with van der Waals surface area (Å²) in [6.45, 7) is 4.83. The Hall–Kier alpha value is -2.68. The van der Waals surface area contributed by atoms with Crippen molar-refractivity contribution in [3.05, 3.63) is 57.2 Å². The van der Waals surface area contributed by atoms with Crippen LogP contribution in [0.2, 0.25) is 0 Å². The molecule has 2 rings (SSSR count). The van der Waals surface area contributed by atoms with Gasteiger partial charge in [-0.25, -0.2) is 9.18 Å². The molecule has 0 fully saturated rings. The third-order valence-corrected chi connectivity index (χ3v) is 3.62. The smallest absolute Gasteiger partial charge is 0.412 e. The number of hydrogen-bond acceptors (Lipinski definition) is 4. The molecule has 1 heterocycles. The predicted molar refractivity (Wildman–Crippen MR) is 103 cm³/mol. The van der Waals surface area contributed by atoms with E-state index in [0.717, 1.165) is 12.1 Å². The van der Waals surface area contributed by atoms with E-state index in [2.05, 4.69) is 26.6 Å². The maximum Gasteiger partial charge on any atom is 0.412 e. The van der Waals surface area contributed by atoms with Crippen molar-refractivity contribution < 1.29 is 18.7 Å². The fraction of sp³-hybridized carbons (Fsp3) is 0.278. The molecule has 1 aromatic carbocycles. The average Bonchev–Trinajstić information content (AvgIpc) is 2.51. The fourth-order valence-corrected chi connectivity index (χ4v) is 2.49. The highest BCUT2D eigenvalue weighted by Gasteiger charge is 2.18. The van der Waals surface area contributed by atoms with Crippen LogP contribution in [-0.4, -0.2) is 22.2 Å². The van der Waals surface area contributed by atoms with Crippen molar-refractivity contribution in [1.29, 1.82) is 0 Å². The zero-order valence-corrected chi connectivity index (χ0v) is 16.6. The third kappa shape index (κ3) is 6.52. The lowest BCUT2D eigenvalue weighted by Gasteiger charge is -2.20. The molecule has 7 nitrogen and oxygen atoms in total. The normalized spacial score (nSPS) is 11.0. The molecule has 0 spiro atoms. The molecule has 0 aliphatic rings. The standard InChI is InChI=1S/C18H19BrFN3O4/c1-18(2,3)27-17(26)22-13-6-5-12(20)8-14(13)21-15(24)10-23-9-11(19)4-7-16(23)25/h4-9H,10H2,1-3H3,(H,21,24)(H,22,26). The third-order valence-electron chi connectivity index (χ3n) is 3.15. The number of amides is 2. The first kappa shape index (κ1) is 20.6. The van der Waals surface area contributed by atoms with Gasteiger partial charge in [-0.15, -0.1) is 0 Å². The summed E-state index contributed by atoms with van der Waals surface area (Å²) in [5.41, 5.74) is -0.857. The number of nitrogens with zero attached hydrogens (tertiary/aromatic N) is 1. The quantitative estimate of drug-likeness (QED) is 0.758. The second kappa shape index (κ2) is 8.34. The van der Waals surface area contributed by atoms with Crippen molar-refractivity contribution >= 4 is 39.3 Å². The molecule has 27 heavy (non-hydrogen) atoms. The van der Waals surface area contributed by atoms with Crippen molar-refractivity contribution in [3.8, 4) is 0 Å². The van der Waals surface area contributed by atoms with Crippen LogP contribution in [0.4, 0.5) is 20.6 Å². The van der Waals surface area contributed by atoms with Crippen molar-refractivity contribution in [1.82, 2.24) is 4.57 Å². The van der Waals surface area contributed by atoms with Crippen LogP contribution in [0.5, 0.6) is 0 Å². The van der Waals surface area contributed by atoms with Crippen molar-refractivity contribution in [2.75, 3.05) is 10.6 Å². The van der Waals surface area contributed by atoms with E-state index in [9.17, 15) is 18.8 Å². The second-order valence-corrected chi connectivity index (χ2v) is 7.59. The topological polar surface area (TPSA) is 89.4 Å². The van der Waals surface area contributed by atoms with Crippen LogP contribution in [0, 0.1) is 5.82 Å². The van der Waals surface area contributed by atoms with Crippen LogP contribution in [0.15, 0.2) is 45.8 Å². The van der Waals surface area contributed by atoms with Gasteiger partial charge in [-0.05, 0) is 61.0 Å². The first-order chi connectivity index (χ1) is 12.5. The summed E-state index contributed by atoms with van der Waals surface area (Å²) in [4.78, 5) is 36.0. The molecular formula is C18H19BrFN3O4. The minimum Gasteiger partial charge on any atom is -0.444 e. The van der Waals surface area contributed by atoms with Crippen LogP contribution >= 0.6 is 15.9 Å². The molecule has 0 aliphatic carbocycles. The number of carbonyl (C=O) groups is 2. The van der Waals surface area contributed by atoms with E-state index < -0.39 is 23.4 Å². The monoisotopic (exact) mass is 439 g/mol. The van der Waals surface area contributed by atoms with Gasteiger partial charge in [0.15, 0.2) is 0 Å². The molecule has 144 valence electrons. The number of anilines is 2. The van der Waals surface area contributed by atoms with Gasteiger partial charge in [-0.2, -0.15) is 0 Å². The molecule has 0 atom stereocenters. The number of halogens is 2. The number of nitrogens with one attached hydrogen (secondary N) is 2. The average molecular weight is 440 g/mol. The first-order valence-electron chi connectivity index (χ1n) is 7.99. The van der Waals surface area contributed by atoms with Crippen molar-refractivity contribution in [2.45, 2.75) is 32.9 Å².